The fraction of sp³-hybridized carbons (Fsp3) is 0.100. The molecule has 1 N–H and O–H groups in total. The summed E-state index contributed by atoms with van der Waals surface area (Å²) in [4.78, 5) is 30.7. The zero-order chi connectivity index (χ0) is 19.5. The van der Waals surface area contributed by atoms with Crippen molar-refractivity contribution in [1.29, 1.82) is 0 Å². The molecule has 3 heterocycles. The minimum absolute atomic E-state index is 0.292. The molecule has 0 aliphatic heterocycles. The van der Waals surface area contributed by atoms with Crippen LogP contribution in [0.2, 0.25) is 0 Å². The van der Waals surface area contributed by atoms with E-state index in [9.17, 15) is 9.59 Å². The van der Waals surface area contributed by atoms with Crippen molar-refractivity contribution in [2.75, 3.05) is 5.43 Å². The van der Waals surface area contributed by atoms with Crippen molar-refractivity contribution in [3.8, 4) is 5.69 Å². The third-order valence-corrected chi connectivity index (χ3v) is 5.32. The van der Waals surface area contributed by atoms with Crippen molar-refractivity contribution in [2.24, 2.45) is 0 Å². The number of hydrogen-bond acceptors (Lipinski definition) is 5. The Morgan fingerprint density at radius 2 is 2.11 bits per heavy atom. The summed E-state index contributed by atoms with van der Waals surface area (Å²) < 4.78 is 2.83. The molecule has 0 radical (unpaired) electrons. The maximum atomic E-state index is 12.5. The Morgan fingerprint density at radius 3 is 2.89 bits per heavy atom. The second kappa shape index (κ2) is 7.61. The molecule has 3 aromatic heterocycles. The van der Waals surface area contributed by atoms with Crippen LogP contribution in [0, 0.1) is 0 Å². The predicted molar refractivity (Wildman–Crippen MR) is 110 cm³/mol. The molecule has 0 aliphatic rings. The number of hydrogen-bond donors (Lipinski definition) is 1. The lowest BCUT2D eigenvalue weighted by Crippen LogP contribution is -2.32. The molecule has 0 spiro atoms. The summed E-state index contributed by atoms with van der Waals surface area (Å²) in [6, 6.07) is 11.5. The number of benzene rings is 1. The molecule has 7 nitrogen and oxygen atoms in total. The lowest BCUT2D eigenvalue weighted by molar-refractivity contribution is -0.112. The normalized spacial score (nSPS) is 11.3. The van der Waals surface area contributed by atoms with Gasteiger partial charge < -0.3 is 0 Å². The molecule has 0 aliphatic carbocycles. The molecular weight excluding hydrogens is 374 g/mol. The molecule has 0 bridgehead atoms. The summed E-state index contributed by atoms with van der Waals surface area (Å²) >= 11 is 1.49. The van der Waals surface area contributed by atoms with Crippen LogP contribution in [0.25, 0.3) is 22.0 Å². The fourth-order valence-electron chi connectivity index (χ4n) is 2.70. The van der Waals surface area contributed by atoms with Gasteiger partial charge >= 0.3 is 0 Å². The molecule has 28 heavy (non-hydrogen) atoms. The van der Waals surface area contributed by atoms with Crippen LogP contribution in [0.4, 0.5) is 0 Å². The Labute approximate surface area is 164 Å². The summed E-state index contributed by atoms with van der Waals surface area (Å²) in [5, 5.41) is 4.79. The lowest BCUT2D eigenvalue weighted by Gasteiger charge is -2.04. The van der Waals surface area contributed by atoms with Gasteiger partial charge in [-0.25, -0.2) is 14.3 Å². The van der Waals surface area contributed by atoms with Crippen LogP contribution in [-0.2, 0) is 11.2 Å². The quantitative estimate of drug-likeness (QED) is 0.530. The van der Waals surface area contributed by atoms with Crippen LogP contribution in [0.1, 0.15) is 17.4 Å². The largest absolute Gasteiger partial charge is 0.280 e. The predicted octanol–water partition coefficient (Wildman–Crippen LogP) is 2.99. The van der Waals surface area contributed by atoms with E-state index in [2.05, 4.69) is 15.5 Å². The zero-order valence-corrected chi connectivity index (χ0v) is 15.9. The van der Waals surface area contributed by atoms with E-state index < -0.39 is 5.91 Å². The minimum atomic E-state index is -0.429. The van der Waals surface area contributed by atoms with Crippen LogP contribution in [0.3, 0.4) is 0 Å². The van der Waals surface area contributed by atoms with Crippen molar-refractivity contribution >= 4 is 33.5 Å². The number of aryl methyl sites for hydroxylation is 1. The Balaban J connectivity index is 1.49. The molecule has 4 aromatic rings. The number of thiophene rings is 1. The Hall–Kier alpha value is -3.52. The average molecular weight is 391 g/mol. The first-order chi connectivity index (χ1) is 13.6. The van der Waals surface area contributed by atoms with Crippen LogP contribution in [-0.4, -0.2) is 25.3 Å². The number of para-hydroxylation sites is 1. The second-order valence-corrected chi connectivity index (χ2v) is 7.18. The summed E-state index contributed by atoms with van der Waals surface area (Å²) in [6.45, 7) is 2.02. The fourth-order valence-corrected chi connectivity index (χ4v) is 3.62. The van der Waals surface area contributed by atoms with Crippen LogP contribution < -0.4 is 11.0 Å². The number of nitrogens with zero attached hydrogens (tertiary/aromatic N) is 4. The van der Waals surface area contributed by atoms with Gasteiger partial charge in [-0.3, -0.25) is 15.0 Å². The highest BCUT2D eigenvalue weighted by Gasteiger charge is 2.09. The maximum Gasteiger partial charge on any atom is 0.280 e. The summed E-state index contributed by atoms with van der Waals surface area (Å²) in [5.41, 5.74) is 3.94. The highest BCUT2D eigenvalue weighted by Crippen LogP contribution is 2.20. The molecule has 0 unspecified atom stereocenters. The smallest absolute Gasteiger partial charge is 0.268 e. The molecule has 0 saturated heterocycles. The van der Waals surface area contributed by atoms with E-state index >= 15 is 0 Å². The molecule has 1 amide bonds. The van der Waals surface area contributed by atoms with E-state index in [-0.39, 0.29) is 5.56 Å². The first-order valence-electron chi connectivity index (χ1n) is 8.73. The highest BCUT2D eigenvalue weighted by molar-refractivity contribution is 7.18. The lowest BCUT2D eigenvalue weighted by atomic mass is 10.3. The number of carbonyl (C=O) groups is 1. The summed E-state index contributed by atoms with van der Waals surface area (Å²) in [5.74, 6) is -0.429. The third kappa shape index (κ3) is 3.63. The molecule has 140 valence electrons. The summed E-state index contributed by atoms with van der Waals surface area (Å²) in [7, 11) is 0. The third-order valence-electron chi connectivity index (χ3n) is 4.13. The second-order valence-electron chi connectivity index (χ2n) is 6.07. The van der Waals surface area contributed by atoms with Gasteiger partial charge in [-0.2, -0.15) is 5.10 Å². The number of carbonyl (C=O) groups excluding carboxylic acids is 1. The van der Waals surface area contributed by atoms with Gasteiger partial charge in [-0.1, -0.05) is 25.1 Å². The van der Waals surface area contributed by atoms with E-state index in [1.807, 2.05) is 49.5 Å². The van der Waals surface area contributed by atoms with Crippen LogP contribution in [0.15, 0.2) is 66.0 Å². The van der Waals surface area contributed by atoms with Gasteiger partial charge in [0.15, 0.2) is 0 Å². The van der Waals surface area contributed by atoms with Gasteiger partial charge in [0, 0.05) is 22.7 Å². The zero-order valence-electron chi connectivity index (χ0n) is 15.1. The van der Waals surface area contributed by atoms with Gasteiger partial charge in [0.05, 0.1) is 17.3 Å². The maximum absolute atomic E-state index is 12.5. The topological polar surface area (TPSA) is 81.8 Å². The van der Waals surface area contributed by atoms with E-state index in [4.69, 9.17) is 0 Å². The molecule has 4 rings (SSSR count). The van der Waals surface area contributed by atoms with Crippen molar-refractivity contribution in [1.82, 2.24) is 19.4 Å². The van der Waals surface area contributed by atoms with Gasteiger partial charge in [-0.15, -0.1) is 11.3 Å². The minimum Gasteiger partial charge on any atom is -0.268 e. The summed E-state index contributed by atoms with van der Waals surface area (Å²) in [6.07, 6.45) is 8.64. The molecule has 8 heteroatoms. The standard InChI is InChI=1S/C20H17N5O2S/c1-2-16-10-17-19(28-16)21-13-25(20(17)27)23-18(26)9-8-14-11-22-24(12-14)15-6-4-3-5-7-15/h3-13H,2H2,1H3,(H,23,26)/b9-8+. The van der Waals surface area contributed by atoms with Crippen molar-refractivity contribution in [3.63, 3.8) is 0 Å². The van der Waals surface area contributed by atoms with Gasteiger partial charge in [0.1, 0.15) is 11.2 Å². The van der Waals surface area contributed by atoms with Crippen molar-refractivity contribution in [2.45, 2.75) is 13.3 Å². The van der Waals surface area contributed by atoms with Gasteiger partial charge in [0.25, 0.3) is 11.5 Å². The average Bonchev–Trinajstić information content (AvgIpc) is 3.36. The SMILES string of the molecule is CCc1cc2c(=O)n(NC(=O)/C=C/c3cnn(-c4ccccc4)c3)cnc2s1. The van der Waals surface area contributed by atoms with Crippen molar-refractivity contribution < 1.29 is 4.79 Å². The first kappa shape index (κ1) is 17.9. The number of fused-ring (bicyclic) bond motifs is 1. The Morgan fingerprint density at radius 1 is 1.29 bits per heavy atom. The molecule has 0 saturated carbocycles. The van der Waals surface area contributed by atoms with Gasteiger partial charge in [0.2, 0.25) is 0 Å². The molecule has 1 aromatic carbocycles. The van der Waals surface area contributed by atoms with Crippen LogP contribution >= 0.6 is 11.3 Å². The molecule has 0 atom stereocenters. The highest BCUT2D eigenvalue weighted by atomic mass is 32.1. The first-order valence-corrected chi connectivity index (χ1v) is 9.55. The van der Waals surface area contributed by atoms with Crippen LogP contribution in [0.5, 0.6) is 0 Å². The van der Waals surface area contributed by atoms with Gasteiger partial charge in [-0.05, 0) is 30.7 Å². The molecule has 0 fully saturated rings. The van der Waals surface area contributed by atoms with Crippen molar-refractivity contribution in [3.05, 3.63) is 82.0 Å². The number of aromatic nitrogens is 4. The van der Waals surface area contributed by atoms with E-state index in [0.29, 0.717) is 10.2 Å². The van der Waals surface area contributed by atoms with E-state index in [0.717, 1.165) is 27.2 Å². The number of rotatable bonds is 5. The molecular formula is C20H17N5O2S. The van der Waals surface area contributed by atoms with E-state index in [1.54, 1.807) is 17.0 Å². The number of amides is 1. The Bertz CT molecular complexity index is 1220. The Kier molecular flexibility index (Phi) is 4.86. The monoisotopic (exact) mass is 391 g/mol. The van der Waals surface area contributed by atoms with E-state index in [1.165, 1.54) is 23.7 Å². The number of nitrogens with one attached hydrogen (secondary N) is 1.